The zero-order valence-corrected chi connectivity index (χ0v) is 27.5. The Labute approximate surface area is 275 Å². The van der Waals surface area contributed by atoms with E-state index in [2.05, 4.69) is 75.1 Å². The standard InChI is InChI=1S/C29H31N3.C7H5NO4.Ru/c1-28(2)16-12-20(28)18-8-10-24(31-26(18)14-16)22-6-5-7-23(30-22)25-11-9-19-21-13-17(29(21,3)4)15-27(19)32-25;9-6(10)4-2-1-3-5(8-4)7(11)12;/h5-11,16-17,20-21H,12-15H2,1-4H3;1-3H,(H,9,10)(H,11,12);/t16-,17-,20+,21+;;/m0../s1. The summed E-state index contributed by atoms with van der Waals surface area (Å²) in [5, 5.41) is 16.9. The molecular formula is C36H36N4O4Ru. The van der Waals surface area contributed by atoms with Crippen molar-refractivity contribution in [2.45, 2.75) is 65.2 Å². The maximum Gasteiger partial charge on any atom is 0.354 e. The number of hydrogen-bond acceptors (Lipinski definition) is 6. The van der Waals surface area contributed by atoms with Crippen LogP contribution < -0.4 is 0 Å². The summed E-state index contributed by atoms with van der Waals surface area (Å²) in [6.07, 6.45) is 4.88. The van der Waals surface area contributed by atoms with Crippen LogP contribution in [0.25, 0.3) is 22.8 Å². The molecule has 232 valence electrons. The molecule has 45 heavy (non-hydrogen) atoms. The molecule has 4 aromatic rings. The van der Waals surface area contributed by atoms with Crippen LogP contribution >= 0.6 is 0 Å². The van der Waals surface area contributed by atoms with Gasteiger partial charge in [-0.05, 0) is 108 Å². The van der Waals surface area contributed by atoms with Crippen molar-refractivity contribution in [3.8, 4) is 22.8 Å². The van der Waals surface area contributed by atoms with E-state index in [1.54, 1.807) is 0 Å². The van der Waals surface area contributed by atoms with Gasteiger partial charge in [0.15, 0.2) is 0 Å². The first-order valence-electron chi connectivity index (χ1n) is 15.3. The fourth-order valence-electron chi connectivity index (χ4n) is 7.91. The van der Waals surface area contributed by atoms with Gasteiger partial charge in [0, 0.05) is 30.9 Å². The number of pyridine rings is 4. The topological polar surface area (TPSA) is 126 Å². The summed E-state index contributed by atoms with van der Waals surface area (Å²) < 4.78 is 0. The predicted octanol–water partition coefficient (Wildman–Crippen LogP) is 7.05. The van der Waals surface area contributed by atoms with Gasteiger partial charge in [0.1, 0.15) is 11.4 Å². The van der Waals surface area contributed by atoms with Crippen LogP contribution in [0.5, 0.6) is 0 Å². The zero-order valence-electron chi connectivity index (χ0n) is 25.8. The summed E-state index contributed by atoms with van der Waals surface area (Å²) in [5.74, 6) is 0.424. The Hall–Kier alpha value is -3.84. The molecule has 0 unspecified atom stereocenters. The third-order valence-corrected chi connectivity index (χ3v) is 11.1. The van der Waals surface area contributed by atoms with Crippen molar-refractivity contribution < 1.29 is 39.3 Å². The summed E-state index contributed by atoms with van der Waals surface area (Å²) in [4.78, 5) is 39.2. The Balaban J connectivity index is 0.000000235. The van der Waals surface area contributed by atoms with Crippen molar-refractivity contribution >= 4 is 11.9 Å². The maximum atomic E-state index is 10.3. The van der Waals surface area contributed by atoms with Gasteiger partial charge in [0.05, 0.1) is 22.8 Å². The number of hydrogen-bond donors (Lipinski definition) is 2. The van der Waals surface area contributed by atoms with Gasteiger partial charge >= 0.3 is 11.9 Å². The maximum absolute atomic E-state index is 10.3. The van der Waals surface area contributed by atoms with E-state index < -0.39 is 11.9 Å². The number of rotatable bonds is 4. The molecule has 9 heteroatoms. The zero-order chi connectivity index (χ0) is 31.0. The molecule has 0 aromatic carbocycles. The SMILES string of the molecule is CC1(C)[C@@H]2Cc3nc(-c4cccc(-c5ccc6c(n5)C[C@@H]5C[C@H]6C5(C)C)n4)ccc3[C@H]1C2.O=C(O)c1cccc(C(=O)O)n1.[Ru]. The smallest absolute Gasteiger partial charge is 0.354 e. The Morgan fingerprint density at radius 1 is 0.600 bits per heavy atom. The van der Waals surface area contributed by atoms with Crippen LogP contribution in [0.4, 0.5) is 0 Å². The van der Waals surface area contributed by atoms with Crippen LogP contribution in [-0.4, -0.2) is 42.1 Å². The van der Waals surface area contributed by atoms with Crippen molar-refractivity contribution in [3.05, 3.63) is 94.6 Å². The van der Waals surface area contributed by atoms with Crippen molar-refractivity contribution in [1.82, 2.24) is 19.9 Å². The Bertz CT molecular complexity index is 1710. The van der Waals surface area contributed by atoms with E-state index in [0.29, 0.717) is 22.7 Å². The van der Waals surface area contributed by atoms with Crippen LogP contribution in [0, 0.1) is 22.7 Å². The number of carboxylic acid groups (broad SMARTS) is 2. The Morgan fingerprint density at radius 3 is 1.40 bits per heavy atom. The van der Waals surface area contributed by atoms with Gasteiger partial charge in [0.2, 0.25) is 0 Å². The first kappa shape index (κ1) is 31.2. The van der Waals surface area contributed by atoms with Crippen molar-refractivity contribution in [2.75, 3.05) is 0 Å². The minimum absolute atomic E-state index is 0. The first-order valence-corrected chi connectivity index (χ1v) is 15.3. The Kier molecular flexibility index (Phi) is 7.75. The molecule has 0 amide bonds. The quantitative estimate of drug-likeness (QED) is 0.218. The molecule has 2 fully saturated rings. The van der Waals surface area contributed by atoms with Gasteiger partial charge < -0.3 is 10.2 Å². The van der Waals surface area contributed by atoms with E-state index in [1.807, 2.05) is 0 Å². The number of carboxylic acids is 2. The molecule has 4 aromatic heterocycles. The van der Waals surface area contributed by atoms with Gasteiger partial charge in [0.25, 0.3) is 0 Å². The molecule has 4 atom stereocenters. The summed E-state index contributed by atoms with van der Waals surface area (Å²) in [6, 6.07) is 19.1. The monoisotopic (exact) mass is 690 g/mol. The van der Waals surface area contributed by atoms with Gasteiger partial charge in [-0.3, -0.25) is 9.97 Å². The predicted molar refractivity (Wildman–Crippen MR) is 166 cm³/mol. The molecule has 6 aliphatic carbocycles. The van der Waals surface area contributed by atoms with Gasteiger partial charge in [-0.1, -0.05) is 52.0 Å². The van der Waals surface area contributed by atoms with E-state index in [4.69, 9.17) is 25.2 Å². The molecule has 0 saturated heterocycles. The normalized spacial score (nSPS) is 23.7. The number of aromatic carboxylic acids is 2. The second kappa shape index (κ2) is 11.2. The third kappa shape index (κ3) is 5.19. The molecule has 10 rings (SSSR count). The second-order valence-electron chi connectivity index (χ2n) is 13.9. The van der Waals surface area contributed by atoms with Crippen LogP contribution in [0.15, 0.2) is 60.7 Å². The average molecular weight is 690 g/mol. The molecule has 8 nitrogen and oxygen atoms in total. The van der Waals surface area contributed by atoms with Gasteiger partial charge in [-0.2, -0.15) is 0 Å². The third-order valence-electron chi connectivity index (χ3n) is 11.1. The largest absolute Gasteiger partial charge is 0.477 e. The number of carbonyl (C=O) groups is 2. The summed E-state index contributed by atoms with van der Waals surface area (Å²) in [5.41, 5.74) is 9.74. The van der Waals surface area contributed by atoms with E-state index in [9.17, 15) is 9.59 Å². The molecular weight excluding hydrogens is 653 g/mol. The van der Waals surface area contributed by atoms with Gasteiger partial charge in [-0.25, -0.2) is 19.6 Å². The van der Waals surface area contributed by atoms with E-state index in [0.717, 1.165) is 47.5 Å². The van der Waals surface area contributed by atoms with Crippen LogP contribution in [-0.2, 0) is 32.3 Å². The molecule has 4 heterocycles. The van der Waals surface area contributed by atoms with Crippen LogP contribution in [0.1, 0.15) is 95.9 Å². The van der Waals surface area contributed by atoms with Crippen molar-refractivity contribution in [3.63, 3.8) is 0 Å². The molecule has 2 N–H and O–H groups in total. The minimum Gasteiger partial charge on any atom is -0.477 e. The molecule has 0 radical (unpaired) electrons. The van der Waals surface area contributed by atoms with Gasteiger partial charge in [-0.15, -0.1) is 0 Å². The van der Waals surface area contributed by atoms with Crippen molar-refractivity contribution in [2.24, 2.45) is 22.7 Å². The molecule has 0 spiro atoms. The number of aromatic nitrogens is 4. The minimum atomic E-state index is -1.24. The van der Waals surface area contributed by atoms with E-state index >= 15 is 0 Å². The summed E-state index contributed by atoms with van der Waals surface area (Å²) >= 11 is 0. The molecule has 0 aliphatic heterocycles. The Morgan fingerprint density at radius 2 is 1.00 bits per heavy atom. The van der Waals surface area contributed by atoms with Crippen LogP contribution in [0.3, 0.4) is 0 Å². The first-order chi connectivity index (χ1) is 20.9. The molecule has 4 bridgehead atoms. The summed E-state index contributed by atoms with van der Waals surface area (Å²) in [6.45, 7) is 9.68. The van der Waals surface area contributed by atoms with E-state index in [1.165, 1.54) is 53.6 Å². The summed E-state index contributed by atoms with van der Waals surface area (Å²) in [7, 11) is 0. The number of nitrogens with zero attached hydrogens (tertiary/aromatic N) is 4. The van der Waals surface area contributed by atoms with Crippen molar-refractivity contribution in [1.29, 1.82) is 0 Å². The molecule has 2 saturated carbocycles. The average Bonchev–Trinajstić information content (AvgIpc) is 3.03. The fraction of sp³-hybridized carbons (Fsp3) is 0.389. The second-order valence-corrected chi connectivity index (χ2v) is 13.9. The fourth-order valence-corrected chi connectivity index (χ4v) is 7.91. The van der Waals surface area contributed by atoms with Crippen LogP contribution in [0.2, 0.25) is 0 Å². The molecule has 6 aliphatic rings. The van der Waals surface area contributed by atoms with E-state index in [-0.39, 0.29) is 30.9 Å².